The minimum absolute atomic E-state index is 0.0421. The highest BCUT2D eigenvalue weighted by molar-refractivity contribution is 7.92. The second-order valence-corrected chi connectivity index (χ2v) is 9.62. The van der Waals surface area contributed by atoms with Crippen LogP contribution in [0, 0.1) is 0 Å². The van der Waals surface area contributed by atoms with Crippen LogP contribution in [0.2, 0.25) is 0 Å². The Balaban J connectivity index is 1.77. The van der Waals surface area contributed by atoms with Crippen molar-refractivity contribution in [3.05, 3.63) is 59.2 Å². The quantitative estimate of drug-likeness (QED) is 0.896. The minimum Gasteiger partial charge on any atom is -0.322 e. The predicted molar refractivity (Wildman–Crippen MR) is 105 cm³/mol. The van der Waals surface area contributed by atoms with Gasteiger partial charge in [0.1, 0.15) is 0 Å². The molecule has 0 radical (unpaired) electrons. The number of rotatable bonds is 3. The van der Waals surface area contributed by atoms with Crippen LogP contribution in [0.3, 0.4) is 0 Å². The van der Waals surface area contributed by atoms with Crippen molar-refractivity contribution in [3.63, 3.8) is 0 Å². The van der Waals surface area contributed by atoms with Crippen LogP contribution in [0.4, 0.5) is 11.4 Å². The van der Waals surface area contributed by atoms with E-state index >= 15 is 0 Å². The zero-order valence-corrected chi connectivity index (χ0v) is 16.4. The van der Waals surface area contributed by atoms with Crippen LogP contribution in [0.5, 0.6) is 0 Å². The molecule has 2 aromatic carbocycles. The average molecular weight is 372 g/mol. The van der Waals surface area contributed by atoms with E-state index in [-0.39, 0.29) is 11.3 Å². The van der Waals surface area contributed by atoms with Gasteiger partial charge in [0.05, 0.1) is 11.9 Å². The molecular weight excluding hydrogens is 348 g/mol. The first-order valence-corrected chi connectivity index (χ1v) is 10.4. The van der Waals surface area contributed by atoms with E-state index in [1.807, 2.05) is 30.3 Å². The van der Waals surface area contributed by atoms with Crippen LogP contribution in [0.25, 0.3) is 0 Å². The normalized spacial score (nSPS) is 14.2. The first-order chi connectivity index (χ1) is 12.1. The van der Waals surface area contributed by atoms with Gasteiger partial charge in [-0.15, -0.1) is 0 Å². The van der Waals surface area contributed by atoms with Gasteiger partial charge < -0.3 is 5.32 Å². The number of amides is 1. The fourth-order valence-corrected chi connectivity index (χ4v) is 4.08. The molecule has 0 unspecified atom stereocenters. The molecule has 2 aromatic rings. The topological polar surface area (TPSA) is 66.5 Å². The molecule has 26 heavy (non-hydrogen) atoms. The van der Waals surface area contributed by atoms with Crippen molar-refractivity contribution < 1.29 is 13.2 Å². The molecule has 0 spiro atoms. The number of benzene rings is 2. The van der Waals surface area contributed by atoms with Crippen molar-refractivity contribution in [2.45, 2.75) is 32.6 Å². The molecule has 0 saturated heterocycles. The number of carbonyl (C=O) groups excluding carboxylic acids is 1. The van der Waals surface area contributed by atoms with Gasteiger partial charge in [-0.05, 0) is 53.3 Å². The molecular formula is C20H24N2O3S. The predicted octanol–water partition coefficient (Wildman–Crippen LogP) is 3.56. The molecule has 138 valence electrons. The highest BCUT2D eigenvalue weighted by Crippen LogP contribution is 2.32. The van der Waals surface area contributed by atoms with Gasteiger partial charge >= 0.3 is 0 Å². The van der Waals surface area contributed by atoms with Crippen molar-refractivity contribution in [1.29, 1.82) is 0 Å². The lowest BCUT2D eigenvalue weighted by atomic mass is 9.87. The lowest BCUT2D eigenvalue weighted by Gasteiger charge is -2.19. The molecule has 3 rings (SSSR count). The zero-order valence-electron chi connectivity index (χ0n) is 15.5. The summed E-state index contributed by atoms with van der Waals surface area (Å²) in [6.07, 6.45) is 1.85. The van der Waals surface area contributed by atoms with E-state index in [0.29, 0.717) is 29.9 Å². The third-order valence-corrected chi connectivity index (χ3v) is 5.78. The number of anilines is 2. The van der Waals surface area contributed by atoms with Gasteiger partial charge in [-0.25, -0.2) is 8.42 Å². The van der Waals surface area contributed by atoms with E-state index < -0.39 is 10.0 Å². The molecule has 0 fully saturated rings. The maximum absolute atomic E-state index is 12.5. The molecule has 1 N–H and O–H groups in total. The molecule has 0 saturated carbocycles. The van der Waals surface area contributed by atoms with Crippen LogP contribution < -0.4 is 9.62 Å². The second kappa shape index (κ2) is 6.43. The van der Waals surface area contributed by atoms with E-state index in [1.165, 1.54) is 16.1 Å². The average Bonchev–Trinajstić information content (AvgIpc) is 2.97. The lowest BCUT2D eigenvalue weighted by molar-refractivity contribution is 0.102. The molecule has 1 heterocycles. The summed E-state index contributed by atoms with van der Waals surface area (Å²) < 4.78 is 25.0. The smallest absolute Gasteiger partial charge is 0.255 e. The molecule has 0 aliphatic carbocycles. The summed E-state index contributed by atoms with van der Waals surface area (Å²) in [6.45, 7) is 6.84. The molecule has 0 bridgehead atoms. The van der Waals surface area contributed by atoms with Gasteiger partial charge in [0, 0.05) is 17.8 Å². The fourth-order valence-electron chi connectivity index (χ4n) is 3.12. The Hall–Kier alpha value is -2.34. The highest BCUT2D eigenvalue weighted by atomic mass is 32.2. The van der Waals surface area contributed by atoms with E-state index in [1.54, 1.807) is 12.1 Å². The summed E-state index contributed by atoms with van der Waals surface area (Å²) in [5, 5.41) is 2.89. The van der Waals surface area contributed by atoms with E-state index in [4.69, 9.17) is 0 Å². The first-order valence-electron chi connectivity index (χ1n) is 8.58. The van der Waals surface area contributed by atoms with Gasteiger partial charge in [0.25, 0.3) is 5.91 Å². The highest BCUT2D eigenvalue weighted by Gasteiger charge is 2.26. The van der Waals surface area contributed by atoms with Crippen LogP contribution in [-0.4, -0.2) is 27.1 Å². The van der Waals surface area contributed by atoms with Crippen LogP contribution in [0.15, 0.2) is 42.5 Å². The number of nitrogens with one attached hydrogen (secondary N) is 1. The third-order valence-electron chi connectivity index (χ3n) is 4.60. The van der Waals surface area contributed by atoms with E-state index in [0.717, 1.165) is 5.56 Å². The Morgan fingerprint density at radius 3 is 2.31 bits per heavy atom. The largest absolute Gasteiger partial charge is 0.322 e. The maximum Gasteiger partial charge on any atom is 0.255 e. The van der Waals surface area contributed by atoms with Crippen molar-refractivity contribution >= 4 is 27.3 Å². The molecule has 1 amide bonds. The van der Waals surface area contributed by atoms with Crippen molar-refractivity contribution in [2.75, 3.05) is 22.4 Å². The standard InChI is InChI=1S/C20H24N2O3S/c1-20(2,3)16-7-5-14(6-8-16)19(23)21-17-9-10-18-15(13-17)11-12-22(18)26(4,24)25/h5-10,13H,11-12H2,1-4H3,(H,21,23). The Kier molecular flexibility index (Phi) is 4.56. The monoisotopic (exact) mass is 372 g/mol. The van der Waals surface area contributed by atoms with E-state index in [9.17, 15) is 13.2 Å². The van der Waals surface area contributed by atoms with Gasteiger partial charge in [-0.1, -0.05) is 32.9 Å². The lowest BCUT2D eigenvalue weighted by Crippen LogP contribution is -2.27. The summed E-state index contributed by atoms with van der Waals surface area (Å²) in [5.74, 6) is -0.177. The van der Waals surface area contributed by atoms with Gasteiger partial charge in [0.2, 0.25) is 10.0 Å². The third kappa shape index (κ3) is 3.75. The maximum atomic E-state index is 12.5. The fraction of sp³-hybridized carbons (Fsp3) is 0.350. The number of nitrogens with zero attached hydrogens (tertiary/aromatic N) is 1. The van der Waals surface area contributed by atoms with Crippen LogP contribution in [0.1, 0.15) is 42.3 Å². The van der Waals surface area contributed by atoms with Crippen LogP contribution >= 0.6 is 0 Å². The minimum atomic E-state index is -3.27. The number of fused-ring (bicyclic) bond motifs is 1. The van der Waals surface area contributed by atoms with E-state index in [2.05, 4.69) is 26.1 Å². The van der Waals surface area contributed by atoms with Crippen LogP contribution in [-0.2, 0) is 21.9 Å². The Labute approximate surface area is 155 Å². The van der Waals surface area contributed by atoms with Gasteiger partial charge in [0.15, 0.2) is 0 Å². The molecule has 0 atom stereocenters. The zero-order chi connectivity index (χ0) is 19.1. The first kappa shape index (κ1) is 18.5. The SMILES string of the molecule is CC(C)(C)c1ccc(C(=O)Nc2ccc3c(c2)CCN3S(C)(=O)=O)cc1. The number of carbonyl (C=O) groups is 1. The summed E-state index contributed by atoms with van der Waals surface area (Å²) in [4.78, 5) is 12.5. The molecule has 0 aromatic heterocycles. The summed E-state index contributed by atoms with van der Waals surface area (Å²) in [6, 6.07) is 12.9. The van der Waals surface area contributed by atoms with Crippen molar-refractivity contribution in [3.8, 4) is 0 Å². The number of hydrogen-bond donors (Lipinski definition) is 1. The second-order valence-electron chi connectivity index (χ2n) is 7.71. The molecule has 6 heteroatoms. The summed E-state index contributed by atoms with van der Waals surface area (Å²) in [7, 11) is -3.27. The number of sulfonamides is 1. The Morgan fingerprint density at radius 1 is 1.08 bits per heavy atom. The van der Waals surface area contributed by atoms with Gasteiger partial charge in [-0.3, -0.25) is 9.10 Å². The van der Waals surface area contributed by atoms with Gasteiger partial charge in [-0.2, -0.15) is 0 Å². The van der Waals surface area contributed by atoms with Crippen molar-refractivity contribution in [1.82, 2.24) is 0 Å². The number of hydrogen-bond acceptors (Lipinski definition) is 3. The molecule has 5 nitrogen and oxygen atoms in total. The summed E-state index contributed by atoms with van der Waals surface area (Å²) >= 11 is 0. The van der Waals surface area contributed by atoms with Crippen molar-refractivity contribution in [2.24, 2.45) is 0 Å². The molecule has 1 aliphatic heterocycles. The summed E-state index contributed by atoms with van der Waals surface area (Å²) in [5.41, 5.74) is 4.10. The Morgan fingerprint density at radius 2 is 1.73 bits per heavy atom. The Bertz CT molecular complexity index is 942. The molecule has 1 aliphatic rings.